The smallest absolute Gasteiger partial charge is 0.0788 e. The van der Waals surface area contributed by atoms with Gasteiger partial charge in [0.2, 0.25) is 0 Å². The first kappa shape index (κ1) is 14.9. The second kappa shape index (κ2) is 6.12. The van der Waals surface area contributed by atoms with Crippen LogP contribution in [-0.4, -0.2) is 5.71 Å². The van der Waals surface area contributed by atoms with Gasteiger partial charge in [-0.05, 0) is 22.8 Å². The van der Waals surface area contributed by atoms with Gasteiger partial charge in [-0.15, -0.1) is 0 Å². The third kappa shape index (κ3) is 2.37. The Labute approximate surface area is 153 Å². The Balaban J connectivity index is 1.92. The predicted octanol–water partition coefficient (Wildman–Crippen LogP) is 6.50. The number of hydrogen-bond acceptors (Lipinski definition) is 1. The van der Waals surface area contributed by atoms with Crippen LogP contribution in [0.4, 0.5) is 5.69 Å². The Hall–Kier alpha value is -3.45. The van der Waals surface area contributed by atoms with Gasteiger partial charge in [0.25, 0.3) is 0 Å². The number of para-hydroxylation sites is 1. The van der Waals surface area contributed by atoms with E-state index in [-0.39, 0.29) is 0 Å². The Morgan fingerprint density at radius 2 is 0.846 bits per heavy atom. The Kier molecular flexibility index (Phi) is 3.50. The first-order valence-corrected chi connectivity index (χ1v) is 8.84. The molecule has 1 nitrogen and oxygen atoms in total. The fraction of sp³-hybridized carbons (Fsp3) is 0. The molecule has 122 valence electrons. The molecule has 0 bridgehead atoms. The quantitative estimate of drug-likeness (QED) is 0.332. The number of fused-ring (bicyclic) bond motifs is 5. The SMILES string of the molecule is c1ccc(C2=Nc3ccccc3-c3ccccc3-c3ccccc32)cc1. The van der Waals surface area contributed by atoms with Crippen LogP contribution in [0.15, 0.2) is 108 Å². The maximum absolute atomic E-state index is 5.13. The van der Waals surface area contributed by atoms with Gasteiger partial charge in [0.05, 0.1) is 11.4 Å². The molecule has 4 aromatic rings. The van der Waals surface area contributed by atoms with E-state index in [1.165, 1.54) is 27.8 Å². The van der Waals surface area contributed by atoms with Crippen molar-refractivity contribution in [2.45, 2.75) is 0 Å². The van der Waals surface area contributed by atoms with Crippen molar-refractivity contribution in [2.24, 2.45) is 4.99 Å². The van der Waals surface area contributed by atoms with Gasteiger partial charge in [-0.25, -0.2) is 4.99 Å². The molecule has 0 unspecified atom stereocenters. The first-order valence-electron chi connectivity index (χ1n) is 8.84. The lowest BCUT2D eigenvalue weighted by Gasteiger charge is -2.20. The van der Waals surface area contributed by atoms with Crippen molar-refractivity contribution in [3.8, 4) is 22.3 Å². The minimum absolute atomic E-state index is 1.01. The molecule has 0 spiro atoms. The standard InChI is InChI=1S/C25H17N/c1-2-10-18(11-3-1)25-23-16-7-6-14-21(23)19-12-4-5-13-20(19)22-15-8-9-17-24(22)26-25/h1-17H. The van der Waals surface area contributed by atoms with E-state index in [9.17, 15) is 0 Å². The number of nitrogens with zero attached hydrogens (tertiary/aromatic N) is 1. The molecule has 26 heavy (non-hydrogen) atoms. The molecule has 0 fully saturated rings. The van der Waals surface area contributed by atoms with Crippen LogP contribution < -0.4 is 0 Å². The maximum atomic E-state index is 5.13. The zero-order chi connectivity index (χ0) is 17.3. The summed E-state index contributed by atoms with van der Waals surface area (Å²) in [5.41, 5.74) is 9.20. The zero-order valence-corrected chi connectivity index (χ0v) is 14.3. The van der Waals surface area contributed by atoms with Gasteiger partial charge in [0, 0.05) is 16.7 Å². The van der Waals surface area contributed by atoms with Crippen molar-refractivity contribution in [1.82, 2.24) is 0 Å². The van der Waals surface area contributed by atoms with Crippen molar-refractivity contribution in [2.75, 3.05) is 0 Å². The second-order valence-corrected chi connectivity index (χ2v) is 6.43. The van der Waals surface area contributed by atoms with E-state index in [1.54, 1.807) is 0 Å². The third-order valence-corrected chi connectivity index (χ3v) is 4.87. The van der Waals surface area contributed by atoms with Gasteiger partial charge in [-0.3, -0.25) is 0 Å². The molecule has 0 amide bonds. The molecular weight excluding hydrogens is 314 g/mol. The molecule has 5 rings (SSSR count). The Bertz CT molecular complexity index is 1120. The lowest BCUT2D eigenvalue weighted by Crippen LogP contribution is -2.07. The lowest BCUT2D eigenvalue weighted by molar-refractivity contribution is 1.44. The zero-order valence-electron chi connectivity index (χ0n) is 14.3. The van der Waals surface area contributed by atoms with Gasteiger partial charge < -0.3 is 0 Å². The largest absolute Gasteiger partial charge is 0.247 e. The summed E-state index contributed by atoms with van der Waals surface area (Å²) in [6, 6.07) is 36.0. The van der Waals surface area contributed by atoms with Gasteiger partial charge >= 0.3 is 0 Å². The summed E-state index contributed by atoms with van der Waals surface area (Å²) < 4.78 is 0. The minimum Gasteiger partial charge on any atom is -0.247 e. The van der Waals surface area contributed by atoms with E-state index in [0.717, 1.165) is 17.0 Å². The number of rotatable bonds is 1. The molecule has 0 saturated heterocycles. The summed E-state index contributed by atoms with van der Waals surface area (Å²) >= 11 is 0. The fourth-order valence-electron chi connectivity index (χ4n) is 3.67. The van der Waals surface area contributed by atoms with Crippen molar-refractivity contribution in [1.29, 1.82) is 0 Å². The predicted molar refractivity (Wildman–Crippen MR) is 109 cm³/mol. The summed E-state index contributed by atoms with van der Waals surface area (Å²) in [7, 11) is 0. The normalized spacial score (nSPS) is 12.1. The highest BCUT2D eigenvalue weighted by molar-refractivity contribution is 6.19. The van der Waals surface area contributed by atoms with Gasteiger partial charge in [0.1, 0.15) is 0 Å². The highest BCUT2D eigenvalue weighted by Crippen LogP contribution is 2.41. The monoisotopic (exact) mass is 331 g/mol. The van der Waals surface area contributed by atoms with Crippen molar-refractivity contribution in [3.63, 3.8) is 0 Å². The summed E-state index contributed by atoms with van der Waals surface area (Å²) in [6.07, 6.45) is 0. The average molecular weight is 331 g/mol. The van der Waals surface area contributed by atoms with E-state index in [1.807, 2.05) is 6.07 Å². The van der Waals surface area contributed by atoms with Crippen LogP contribution in [0.25, 0.3) is 22.3 Å². The molecule has 0 aromatic heterocycles. The van der Waals surface area contributed by atoms with Crippen molar-refractivity contribution in [3.05, 3.63) is 114 Å². The molecule has 4 aromatic carbocycles. The second-order valence-electron chi connectivity index (χ2n) is 6.43. The molecule has 1 heteroatoms. The first-order chi connectivity index (χ1) is 12.9. The van der Waals surface area contributed by atoms with Crippen LogP contribution in [-0.2, 0) is 0 Å². The molecule has 0 saturated carbocycles. The van der Waals surface area contributed by atoms with Crippen molar-refractivity contribution < 1.29 is 0 Å². The topological polar surface area (TPSA) is 12.4 Å². The molecule has 1 heterocycles. The maximum Gasteiger partial charge on any atom is 0.0788 e. The molecule has 1 aliphatic rings. The number of aliphatic imine (C=N–C) groups is 1. The molecule has 1 aliphatic heterocycles. The highest BCUT2D eigenvalue weighted by Gasteiger charge is 2.19. The summed E-state index contributed by atoms with van der Waals surface area (Å²) in [4.78, 5) is 5.13. The van der Waals surface area contributed by atoms with Crippen LogP contribution in [0, 0.1) is 0 Å². The third-order valence-electron chi connectivity index (χ3n) is 4.87. The molecular formula is C25H17N. The Morgan fingerprint density at radius 1 is 0.385 bits per heavy atom. The summed E-state index contributed by atoms with van der Waals surface area (Å²) in [5.74, 6) is 0. The van der Waals surface area contributed by atoms with Gasteiger partial charge in [-0.1, -0.05) is 97.1 Å². The molecule has 0 atom stereocenters. The highest BCUT2D eigenvalue weighted by atomic mass is 14.8. The van der Waals surface area contributed by atoms with E-state index in [2.05, 4.69) is 97.1 Å². The van der Waals surface area contributed by atoms with E-state index < -0.39 is 0 Å². The number of hydrogen-bond donors (Lipinski definition) is 0. The minimum atomic E-state index is 1.01. The fourth-order valence-corrected chi connectivity index (χ4v) is 3.67. The van der Waals surface area contributed by atoms with Crippen LogP contribution in [0.2, 0.25) is 0 Å². The van der Waals surface area contributed by atoms with Crippen LogP contribution >= 0.6 is 0 Å². The molecule has 0 N–H and O–H groups in total. The Morgan fingerprint density at radius 3 is 1.54 bits per heavy atom. The summed E-state index contributed by atoms with van der Waals surface area (Å²) in [5, 5.41) is 0. The van der Waals surface area contributed by atoms with Crippen LogP contribution in [0.5, 0.6) is 0 Å². The molecule has 0 radical (unpaired) electrons. The van der Waals surface area contributed by atoms with Crippen molar-refractivity contribution >= 4 is 11.4 Å². The number of benzene rings is 4. The van der Waals surface area contributed by atoms with E-state index in [0.29, 0.717) is 0 Å². The summed E-state index contributed by atoms with van der Waals surface area (Å²) in [6.45, 7) is 0. The lowest BCUT2D eigenvalue weighted by atomic mass is 9.87. The van der Waals surface area contributed by atoms with Crippen LogP contribution in [0.3, 0.4) is 0 Å². The van der Waals surface area contributed by atoms with Crippen LogP contribution in [0.1, 0.15) is 11.1 Å². The molecule has 0 aliphatic carbocycles. The average Bonchev–Trinajstić information content (AvgIpc) is 2.72. The van der Waals surface area contributed by atoms with Gasteiger partial charge in [-0.2, -0.15) is 0 Å². The van der Waals surface area contributed by atoms with E-state index in [4.69, 9.17) is 4.99 Å². The van der Waals surface area contributed by atoms with Gasteiger partial charge in [0.15, 0.2) is 0 Å². The van der Waals surface area contributed by atoms with E-state index >= 15 is 0 Å².